The summed E-state index contributed by atoms with van der Waals surface area (Å²) in [5, 5.41) is 16.4. The Morgan fingerprint density at radius 2 is 1.77 bits per heavy atom. The molecule has 1 rings (SSSR count). The Labute approximate surface area is 143 Å². The second-order valence-electron chi connectivity index (χ2n) is 5.62. The average molecular weight is 369 g/mol. The molecule has 0 aliphatic heterocycles. The van der Waals surface area contributed by atoms with E-state index >= 15 is 0 Å². The fourth-order valence-electron chi connectivity index (χ4n) is 1.67. The highest BCUT2D eigenvalue weighted by Crippen LogP contribution is 2.30. The zero-order chi connectivity index (χ0) is 17.1. The lowest BCUT2D eigenvalue weighted by molar-refractivity contribution is -0.385. The van der Waals surface area contributed by atoms with E-state index in [2.05, 4.69) is 10.6 Å². The molecule has 0 saturated heterocycles. The molecule has 0 fully saturated rings. The number of halogens is 3. The van der Waals surface area contributed by atoms with Crippen molar-refractivity contribution >= 4 is 46.4 Å². The molecule has 1 atom stereocenters. The van der Waals surface area contributed by atoms with Crippen LogP contribution in [0.2, 0.25) is 0 Å². The van der Waals surface area contributed by atoms with E-state index < -0.39 is 26.3 Å². The fraction of sp³-hybridized carbons (Fsp3) is 0.462. The van der Waals surface area contributed by atoms with Crippen molar-refractivity contribution in [2.24, 2.45) is 0 Å². The molecule has 9 heteroatoms. The zero-order valence-electron chi connectivity index (χ0n) is 12.2. The minimum absolute atomic E-state index is 0.109. The van der Waals surface area contributed by atoms with Crippen molar-refractivity contribution in [3.8, 4) is 0 Å². The Hall–Kier alpha value is -1.08. The van der Waals surface area contributed by atoms with Crippen molar-refractivity contribution in [2.75, 3.05) is 0 Å². The molecular weight excluding hydrogens is 353 g/mol. The summed E-state index contributed by atoms with van der Waals surface area (Å²) in [5.41, 5.74) is -0.883. The number of para-hydroxylation sites is 1. The molecule has 0 saturated carbocycles. The first-order valence-electron chi connectivity index (χ1n) is 6.30. The quantitative estimate of drug-likeness (QED) is 0.369. The van der Waals surface area contributed by atoms with Crippen LogP contribution in [0.5, 0.6) is 0 Å². The van der Waals surface area contributed by atoms with Crippen molar-refractivity contribution in [3.63, 3.8) is 0 Å². The predicted octanol–water partition coefficient (Wildman–Crippen LogP) is 3.41. The van der Waals surface area contributed by atoms with Crippen LogP contribution in [-0.2, 0) is 0 Å². The summed E-state index contributed by atoms with van der Waals surface area (Å²) in [5.74, 6) is -0.708. The molecule has 1 amide bonds. The van der Waals surface area contributed by atoms with Gasteiger partial charge < -0.3 is 5.32 Å². The summed E-state index contributed by atoms with van der Waals surface area (Å²) in [6.07, 6.45) is -1.02. The van der Waals surface area contributed by atoms with Gasteiger partial charge in [-0.1, -0.05) is 46.9 Å². The fourth-order valence-corrected chi connectivity index (χ4v) is 1.99. The van der Waals surface area contributed by atoms with Crippen LogP contribution < -0.4 is 10.6 Å². The van der Waals surface area contributed by atoms with Crippen molar-refractivity contribution in [1.82, 2.24) is 10.6 Å². The molecule has 0 aromatic heterocycles. The van der Waals surface area contributed by atoms with Crippen LogP contribution in [-0.4, -0.2) is 26.3 Å². The van der Waals surface area contributed by atoms with E-state index in [1.54, 1.807) is 0 Å². The van der Waals surface area contributed by atoms with E-state index in [-0.39, 0.29) is 11.3 Å². The molecular formula is C13H16Cl3N3O3. The van der Waals surface area contributed by atoms with Crippen LogP contribution in [0.15, 0.2) is 24.3 Å². The topological polar surface area (TPSA) is 84.3 Å². The van der Waals surface area contributed by atoms with Crippen molar-refractivity contribution in [1.29, 1.82) is 0 Å². The minimum Gasteiger partial charge on any atom is -0.332 e. The number of alkyl halides is 3. The van der Waals surface area contributed by atoms with Crippen LogP contribution in [0.1, 0.15) is 31.1 Å². The van der Waals surface area contributed by atoms with Gasteiger partial charge in [0, 0.05) is 11.6 Å². The molecule has 6 nitrogen and oxygen atoms in total. The molecule has 1 aromatic rings. The van der Waals surface area contributed by atoms with Gasteiger partial charge in [-0.25, -0.2) is 0 Å². The molecule has 0 aliphatic rings. The van der Waals surface area contributed by atoms with E-state index in [0.29, 0.717) is 0 Å². The number of nitrogens with one attached hydrogen (secondary N) is 2. The van der Waals surface area contributed by atoms with Gasteiger partial charge >= 0.3 is 0 Å². The highest BCUT2D eigenvalue weighted by atomic mass is 35.6. The molecule has 0 spiro atoms. The summed E-state index contributed by atoms with van der Waals surface area (Å²) < 4.78 is -1.83. The van der Waals surface area contributed by atoms with E-state index in [0.717, 1.165) is 0 Å². The second kappa shape index (κ2) is 7.00. The van der Waals surface area contributed by atoms with Gasteiger partial charge in [0.05, 0.1) is 4.92 Å². The number of hydrogen-bond acceptors (Lipinski definition) is 4. The van der Waals surface area contributed by atoms with Gasteiger partial charge in [0.15, 0.2) is 0 Å². The highest BCUT2D eigenvalue weighted by molar-refractivity contribution is 6.68. The Morgan fingerprint density at radius 3 is 2.23 bits per heavy atom. The molecule has 22 heavy (non-hydrogen) atoms. The number of carbonyl (C=O) groups is 1. The van der Waals surface area contributed by atoms with Crippen molar-refractivity contribution in [3.05, 3.63) is 39.9 Å². The first kappa shape index (κ1) is 19.0. The molecule has 122 valence electrons. The monoisotopic (exact) mass is 367 g/mol. The Morgan fingerprint density at radius 1 is 1.23 bits per heavy atom. The van der Waals surface area contributed by atoms with Gasteiger partial charge in [0.2, 0.25) is 3.79 Å². The number of rotatable bonds is 4. The highest BCUT2D eigenvalue weighted by Gasteiger charge is 2.37. The van der Waals surface area contributed by atoms with E-state index in [4.69, 9.17) is 34.8 Å². The van der Waals surface area contributed by atoms with Gasteiger partial charge in [-0.3, -0.25) is 20.2 Å². The van der Waals surface area contributed by atoms with Crippen molar-refractivity contribution in [2.45, 2.75) is 36.3 Å². The van der Waals surface area contributed by atoms with Gasteiger partial charge in [-0.05, 0) is 26.8 Å². The minimum atomic E-state index is -1.83. The average Bonchev–Trinajstić information content (AvgIpc) is 2.35. The van der Waals surface area contributed by atoms with Crippen LogP contribution in [0, 0.1) is 10.1 Å². The van der Waals surface area contributed by atoms with Crippen molar-refractivity contribution < 1.29 is 9.72 Å². The first-order valence-corrected chi connectivity index (χ1v) is 7.44. The summed E-state index contributed by atoms with van der Waals surface area (Å²) in [6.45, 7) is 5.48. The van der Waals surface area contributed by atoms with Gasteiger partial charge in [-0.15, -0.1) is 0 Å². The standard InChI is InChI=1S/C13H16Cl3N3O3/c1-12(2,3)18-11(13(14,15)16)17-10(20)8-6-4-5-7-9(8)19(21)22/h4-7,11,18H,1-3H3,(H,17,20). The molecule has 2 N–H and O–H groups in total. The Kier molecular flexibility index (Phi) is 6.03. The third-order valence-corrected chi connectivity index (χ3v) is 3.18. The molecule has 0 bridgehead atoms. The third-order valence-electron chi connectivity index (χ3n) is 2.53. The molecule has 0 radical (unpaired) electrons. The maximum absolute atomic E-state index is 12.3. The summed E-state index contributed by atoms with van der Waals surface area (Å²) in [7, 11) is 0. The van der Waals surface area contributed by atoms with Crippen LogP contribution >= 0.6 is 34.8 Å². The lowest BCUT2D eigenvalue weighted by Crippen LogP contribution is -2.58. The third kappa shape index (κ3) is 5.61. The number of nitro groups is 1. The SMILES string of the molecule is CC(C)(C)NC(NC(=O)c1ccccc1[N+](=O)[O-])C(Cl)(Cl)Cl. The van der Waals surface area contributed by atoms with E-state index in [9.17, 15) is 14.9 Å². The van der Waals surface area contributed by atoms with Gasteiger partial charge in [0.1, 0.15) is 11.7 Å². The van der Waals surface area contributed by atoms with Crippen LogP contribution in [0.4, 0.5) is 5.69 Å². The van der Waals surface area contributed by atoms with E-state index in [1.165, 1.54) is 24.3 Å². The number of hydrogen-bond donors (Lipinski definition) is 2. The lowest BCUT2D eigenvalue weighted by atomic mass is 10.1. The number of nitrogens with zero attached hydrogens (tertiary/aromatic N) is 1. The summed E-state index contributed by atoms with van der Waals surface area (Å²) >= 11 is 17.6. The maximum atomic E-state index is 12.3. The number of amides is 1. The predicted molar refractivity (Wildman–Crippen MR) is 87.5 cm³/mol. The van der Waals surface area contributed by atoms with Crippen LogP contribution in [0.3, 0.4) is 0 Å². The normalized spacial score (nSPS) is 13.5. The molecule has 1 unspecified atom stereocenters. The second-order valence-corrected chi connectivity index (χ2v) is 7.99. The van der Waals surface area contributed by atoms with Gasteiger partial charge in [-0.2, -0.15) is 0 Å². The zero-order valence-corrected chi connectivity index (χ0v) is 14.5. The van der Waals surface area contributed by atoms with Crippen LogP contribution in [0.25, 0.3) is 0 Å². The Bertz CT molecular complexity index is 568. The number of benzene rings is 1. The largest absolute Gasteiger partial charge is 0.332 e. The molecule has 0 aliphatic carbocycles. The Balaban J connectivity index is 3.05. The lowest BCUT2D eigenvalue weighted by Gasteiger charge is -2.33. The smallest absolute Gasteiger partial charge is 0.282 e. The number of carbonyl (C=O) groups excluding carboxylic acids is 1. The maximum Gasteiger partial charge on any atom is 0.282 e. The molecule has 1 aromatic carbocycles. The van der Waals surface area contributed by atoms with E-state index in [1.807, 2.05) is 20.8 Å². The summed E-state index contributed by atoms with van der Waals surface area (Å²) in [6, 6.07) is 5.55. The molecule has 0 heterocycles. The summed E-state index contributed by atoms with van der Waals surface area (Å²) in [4.78, 5) is 22.6. The first-order chi connectivity index (χ1) is 9.92. The van der Waals surface area contributed by atoms with Gasteiger partial charge in [0.25, 0.3) is 11.6 Å². The number of nitro benzene ring substituents is 1.